The van der Waals surface area contributed by atoms with Crippen LogP contribution in [0.2, 0.25) is 0 Å². The first kappa shape index (κ1) is 22.3. The first-order valence-corrected chi connectivity index (χ1v) is 10.2. The molecule has 0 aromatic carbocycles. The number of carbonyl (C=O) groups is 2. The molecule has 23 heavy (non-hydrogen) atoms. The van der Waals surface area contributed by atoms with Crippen LogP contribution in [-0.2, 0) is 14.3 Å². The number of rotatable bonds is 16. The van der Waals surface area contributed by atoms with E-state index < -0.39 is 5.97 Å². The fourth-order valence-electron chi connectivity index (χ4n) is 2.18. The van der Waals surface area contributed by atoms with Gasteiger partial charge in [-0.1, -0.05) is 52.4 Å². The van der Waals surface area contributed by atoms with Crippen molar-refractivity contribution in [3.8, 4) is 0 Å². The van der Waals surface area contributed by atoms with Crippen molar-refractivity contribution >= 4 is 23.7 Å². The molecular formula is C18H34O4S. The van der Waals surface area contributed by atoms with Crippen LogP contribution < -0.4 is 0 Å². The van der Waals surface area contributed by atoms with Crippen molar-refractivity contribution < 1.29 is 19.4 Å². The van der Waals surface area contributed by atoms with E-state index in [2.05, 4.69) is 6.92 Å². The lowest BCUT2D eigenvalue weighted by Gasteiger charge is -2.11. The summed E-state index contributed by atoms with van der Waals surface area (Å²) in [6.45, 7) is 4.61. The van der Waals surface area contributed by atoms with Crippen molar-refractivity contribution in [3.05, 3.63) is 0 Å². The Bertz CT molecular complexity index is 307. The molecule has 0 aliphatic carbocycles. The van der Waals surface area contributed by atoms with Crippen LogP contribution in [0.15, 0.2) is 0 Å². The summed E-state index contributed by atoms with van der Waals surface area (Å²) in [7, 11) is 0. The zero-order chi connectivity index (χ0) is 17.3. The Hall–Kier alpha value is -0.710. The predicted molar refractivity (Wildman–Crippen MR) is 96.9 cm³/mol. The summed E-state index contributed by atoms with van der Waals surface area (Å²) in [6, 6.07) is 0. The van der Waals surface area contributed by atoms with Gasteiger partial charge in [-0.25, -0.2) is 0 Å². The highest BCUT2D eigenvalue weighted by Gasteiger charge is 2.13. The molecule has 0 aromatic heterocycles. The number of carboxylic acid groups (broad SMARTS) is 1. The number of carbonyl (C=O) groups excluding carboxylic acids is 1. The Morgan fingerprint density at radius 3 is 2.35 bits per heavy atom. The number of aliphatic carboxylic acids is 1. The number of esters is 1. The van der Waals surface area contributed by atoms with Gasteiger partial charge in [0, 0.05) is 12.2 Å². The standard InChI is InChI=1S/C18H34O4S/c1-3-4-5-8-11-14-23-15-16(2)18(21)22-13-10-7-6-9-12-17(19)20/h16H,3-15H2,1-2H3,(H,19,20). The summed E-state index contributed by atoms with van der Waals surface area (Å²) in [4.78, 5) is 22.2. The maximum absolute atomic E-state index is 11.8. The van der Waals surface area contributed by atoms with Gasteiger partial charge in [0.15, 0.2) is 0 Å². The zero-order valence-corrected chi connectivity index (χ0v) is 15.7. The van der Waals surface area contributed by atoms with Crippen LogP contribution in [0, 0.1) is 5.92 Å². The third-order valence-electron chi connectivity index (χ3n) is 3.69. The van der Waals surface area contributed by atoms with Crippen LogP contribution >= 0.6 is 11.8 Å². The second-order valence-electron chi connectivity index (χ2n) is 6.12. The molecule has 0 amide bonds. The summed E-state index contributed by atoms with van der Waals surface area (Å²) in [5, 5.41) is 8.52. The molecule has 1 atom stereocenters. The van der Waals surface area contributed by atoms with Crippen molar-refractivity contribution in [2.45, 2.75) is 78.1 Å². The summed E-state index contributed by atoms with van der Waals surface area (Å²) < 4.78 is 5.27. The first-order chi connectivity index (χ1) is 11.1. The van der Waals surface area contributed by atoms with Gasteiger partial charge < -0.3 is 9.84 Å². The molecular weight excluding hydrogens is 312 g/mol. The van der Waals surface area contributed by atoms with E-state index >= 15 is 0 Å². The molecule has 0 aliphatic heterocycles. The Morgan fingerprint density at radius 2 is 1.65 bits per heavy atom. The fourth-order valence-corrected chi connectivity index (χ4v) is 3.25. The molecule has 5 heteroatoms. The maximum Gasteiger partial charge on any atom is 0.309 e. The number of ether oxygens (including phenoxy) is 1. The highest BCUT2D eigenvalue weighted by molar-refractivity contribution is 7.99. The lowest BCUT2D eigenvalue weighted by atomic mass is 10.1. The zero-order valence-electron chi connectivity index (χ0n) is 14.8. The topological polar surface area (TPSA) is 63.6 Å². The van der Waals surface area contributed by atoms with Crippen LogP contribution in [0.3, 0.4) is 0 Å². The molecule has 1 unspecified atom stereocenters. The SMILES string of the molecule is CCCCCCCSCC(C)C(=O)OCCCCCCC(=O)O. The van der Waals surface area contributed by atoms with Gasteiger partial charge in [0.05, 0.1) is 12.5 Å². The molecule has 0 aliphatic rings. The van der Waals surface area contributed by atoms with Gasteiger partial charge in [0.25, 0.3) is 0 Å². The molecule has 0 saturated heterocycles. The van der Waals surface area contributed by atoms with Gasteiger partial charge in [-0.05, 0) is 25.0 Å². The molecule has 0 spiro atoms. The van der Waals surface area contributed by atoms with E-state index in [9.17, 15) is 9.59 Å². The highest BCUT2D eigenvalue weighted by Crippen LogP contribution is 2.14. The molecule has 0 heterocycles. The minimum Gasteiger partial charge on any atom is -0.481 e. The first-order valence-electron chi connectivity index (χ1n) is 9.04. The lowest BCUT2D eigenvalue weighted by Crippen LogP contribution is -2.17. The Labute approximate surface area is 145 Å². The predicted octanol–water partition coefficient (Wildman–Crippen LogP) is 4.90. The summed E-state index contributed by atoms with van der Waals surface area (Å²) in [5.41, 5.74) is 0. The number of carboxylic acids is 1. The van der Waals surface area contributed by atoms with Gasteiger partial charge in [0.1, 0.15) is 0 Å². The minimum atomic E-state index is -0.742. The van der Waals surface area contributed by atoms with Gasteiger partial charge in [-0.2, -0.15) is 11.8 Å². The molecule has 0 saturated carbocycles. The van der Waals surface area contributed by atoms with Crippen molar-refractivity contribution in [2.24, 2.45) is 5.92 Å². The van der Waals surface area contributed by atoms with Crippen molar-refractivity contribution in [3.63, 3.8) is 0 Å². The minimum absolute atomic E-state index is 0.0392. The highest BCUT2D eigenvalue weighted by atomic mass is 32.2. The lowest BCUT2D eigenvalue weighted by molar-refractivity contribution is -0.147. The van der Waals surface area contributed by atoms with Gasteiger partial charge in [-0.15, -0.1) is 0 Å². The van der Waals surface area contributed by atoms with Gasteiger partial charge in [0.2, 0.25) is 0 Å². The second-order valence-corrected chi connectivity index (χ2v) is 7.27. The number of unbranched alkanes of at least 4 members (excludes halogenated alkanes) is 7. The van der Waals surface area contributed by atoms with Gasteiger partial charge in [-0.3, -0.25) is 9.59 Å². The average Bonchev–Trinajstić information content (AvgIpc) is 2.52. The second kappa shape index (κ2) is 16.2. The van der Waals surface area contributed by atoms with Crippen LogP contribution in [-0.4, -0.2) is 35.2 Å². The van der Waals surface area contributed by atoms with Crippen LogP contribution in [0.1, 0.15) is 78.1 Å². The van der Waals surface area contributed by atoms with Crippen molar-refractivity contribution in [1.82, 2.24) is 0 Å². The van der Waals surface area contributed by atoms with E-state index in [4.69, 9.17) is 9.84 Å². The Morgan fingerprint density at radius 1 is 1.00 bits per heavy atom. The molecule has 0 rings (SSSR count). The summed E-state index contributed by atoms with van der Waals surface area (Å²) in [5.74, 6) is 1.08. The van der Waals surface area contributed by atoms with Crippen LogP contribution in [0.4, 0.5) is 0 Å². The van der Waals surface area contributed by atoms with E-state index in [1.54, 1.807) is 0 Å². The monoisotopic (exact) mass is 346 g/mol. The molecule has 136 valence electrons. The van der Waals surface area contributed by atoms with Crippen LogP contribution in [0.5, 0.6) is 0 Å². The molecule has 0 fully saturated rings. The quantitative estimate of drug-likeness (QED) is 0.318. The third kappa shape index (κ3) is 15.9. The van der Waals surface area contributed by atoms with E-state index in [0.29, 0.717) is 13.0 Å². The Balaban J connectivity index is 3.39. The van der Waals surface area contributed by atoms with E-state index in [1.807, 2.05) is 18.7 Å². The smallest absolute Gasteiger partial charge is 0.309 e. The molecule has 0 radical (unpaired) electrons. The van der Waals surface area contributed by atoms with E-state index in [0.717, 1.165) is 30.8 Å². The number of hydrogen-bond donors (Lipinski definition) is 1. The normalized spacial score (nSPS) is 12.1. The third-order valence-corrected chi connectivity index (χ3v) is 5.00. The fraction of sp³-hybridized carbons (Fsp3) is 0.889. The number of thioether (sulfide) groups is 1. The van der Waals surface area contributed by atoms with E-state index in [-0.39, 0.29) is 18.3 Å². The average molecular weight is 347 g/mol. The van der Waals surface area contributed by atoms with E-state index in [1.165, 1.54) is 32.1 Å². The maximum atomic E-state index is 11.8. The molecule has 4 nitrogen and oxygen atoms in total. The van der Waals surface area contributed by atoms with Crippen molar-refractivity contribution in [1.29, 1.82) is 0 Å². The molecule has 0 aromatic rings. The number of hydrogen-bond acceptors (Lipinski definition) is 4. The largest absolute Gasteiger partial charge is 0.481 e. The van der Waals surface area contributed by atoms with Crippen LogP contribution in [0.25, 0.3) is 0 Å². The van der Waals surface area contributed by atoms with Crippen molar-refractivity contribution in [2.75, 3.05) is 18.1 Å². The molecule has 0 bridgehead atoms. The Kier molecular flexibility index (Phi) is 15.7. The summed E-state index contributed by atoms with van der Waals surface area (Å²) >= 11 is 1.84. The molecule has 1 N–H and O–H groups in total. The summed E-state index contributed by atoms with van der Waals surface area (Å²) in [6.07, 6.45) is 10.0. The van der Waals surface area contributed by atoms with Gasteiger partial charge >= 0.3 is 11.9 Å².